The Morgan fingerprint density at radius 1 is 0.853 bits per heavy atom. The summed E-state index contributed by atoms with van der Waals surface area (Å²) in [5.41, 5.74) is 5.33. The first-order chi connectivity index (χ1) is 16.3. The number of aromatic nitrogens is 1. The number of nitrogens with zero attached hydrogens (tertiary/aromatic N) is 1. The number of benzene rings is 3. The van der Waals surface area contributed by atoms with Crippen molar-refractivity contribution in [2.24, 2.45) is 0 Å². The van der Waals surface area contributed by atoms with Gasteiger partial charge >= 0.3 is 0 Å². The molecule has 0 fully saturated rings. The van der Waals surface area contributed by atoms with Gasteiger partial charge in [-0.3, -0.25) is 9.59 Å². The van der Waals surface area contributed by atoms with E-state index in [-0.39, 0.29) is 23.8 Å². The van der Waals surface area contributed by atoms with Crippen LogP contribution in [0.2, 0.25) is 0 Å². The van der Waals surface area contributed by atoms with Gasteiger partial charge in [-0.25, -0.2) is 4.98 Å². The lowest BCUT2D eigenvalue weighted by Crippen LogP contribution is -2.32. The molecule has 4 aromatic rings. The van der Waals surface area contributed by atoms with Gasteiger partial charge in [0.1, 0.15) is 5.01 Å². The van der Waals surface area contributed by atoms with Crippen LogP contribution in [-0.2, 0) is 10.2 Å². The lowest BCUT2D eigenvalue weighted by molar-refractivity contribution is -0.115. The third kappa shape index (κ3) is 5.77. The van der Waals surface area contributed by atoms with Crippen LogP contribution in [0.4, 0.5) is 5.69 Å². The van der Waals surface area contributed by atoms with Crippen LogP contribution in [-0.4, -0.2) is 23.3 Å². The highest BCUT2D eigenvalue weighted by molar-refractivity contribution is 7.13. The SMILES string of the molecule is CC(C)(C)c1ccc(C(=O)NCC(=O)Nc2ccc(-c3csc(-c4ccccc4)n3)cc2)cc1. The fourth-order valence-corrected chi connectivity index (χ4v) is 4.27. The molecule has 0 aliphatic rings. The maximum Gasteiger partial charge on any atom is 0.251 e. The molecule has 6 heteroatoms. The van der Waals surface area contributed by atoms with Crippen molar-refractivity contribution in [2.75, 3.05) is 11.9 Å². The van der Waals surface area contributed by atoms with E-state index in [9.17, 15) is 9.59 Å². The number of hydrogen-bond acceptors (Lipinski definition) is 4. The summed E-state index contributed by atoms with van der Waals surface area (Å²) >= 11 is 1.60. The van der Waals surface area contributed by atoms with Crippen molar-refractivity contribution in [1.82, 2.24) is 10.3 Å². The lowest BCUT2D eigenvalue weighted by Gasteiger charge is -2.19. The minimum absolute atomic E-state index is 0.0219. The summed E-state index contributed by atoms with van der Waals surface area (Å²) in [5, 5.41) is 8.49. The zero-order chi connectivity index (χ0) is 24.1. The molecule has 34 heavy (non-hydrogen) atoms. The minimum atomic E-state index is -0.285. The van der Waals surface area contributed by atoms with E-state index in [0.717, 1.165) is 27.4 Å². The van der Waals surface area contributed by atoms with Gasteiger partial charge < -0.3 is 10.6 Å². The van der Waals surface area contributed by atoms with Gasteiger partial charge in [0, 0.05) is 27.8 Å². The minimum Gasteiger partial charge on any atom is -0.343 e. The van der Waals surface area contributed by atoms with Crippen molar-refractivity contribution in [3.8, 4) is 21.8 Å². The maximum atomic E-state index is 12.4. The Balaban J connectivity index is 1.31. The van der Waals surface area contributed by atoms with Crippen LogP contribution in [0.25, 0.3) is 21.8 Å². The Labute approximate surface area is 203 Å². The van der Waals surface area contributed by atoms with Crippen LogP contribution >= 0.6 is 11.3 Å². The monoisotopic (exact) mass is 469 g/mol. The summed E-state index contributed by atoms with van der Waals surface area (Å²) in [7, 11) is 0. The van der Waals surface area contributed by atoms with Gasteiger partial charge in [-0.15, -0.1) is 11.3 Å². The highest BCUT2D eigenvalue weighted by Gasteiger charge is 2.15. The largest absolute Gasteiger partial charge is 0.343 e. The quantitative estimate of drug-likeness (QED) is 0.356. The third-order valence-corrected chi connectivity index (χ3v) is 6.30. The molecule has 1 heterocycles. The molecule has 0 aliphatic heterocycles. The van der Waals surface area contributed by atoms with E-state index in [4.69, 9.17) is 4.98 Å². The average molecular weight is 470 g/mol. The molecule has 0 unspecified atom stereocenters. The summed E-state index contributed by atoms with van der Waals surface area (Å²) in [6, 6.07) is 25.1. The molecule has 4 rings (SSSR count). The van der Waals surface area contributed by atoms with Gasteiger partial charge in [-0.05, 0) is 35.2 Å². The van der Waals surface area contributed by atoms with E-state index in [1.165, 1.54) is 0 Å². The molecule has 3 aromatic carbocycles. The van der Waals surface area contributed by atoms with Crippen LogP contribution in [0.1, 0.15) is 36.7 Å². The topological polar surface area (TPSA) is 71.1 Å². The second-order valence-corrected chi connectivity index (χ2v) is 9.90. The van der Waals surface area contributed by atoms with Crippen LogP contribution in [0.3, 0.4) is 0 Å². The van der Waals surface area contributed by atoms with E-state index in [2.05, 4.69) is 31.4 Å². The second kappa shape index (κ2) is 10.0. The maximum absolute atomic E-state index is 12.4. The molecule has 1 aromatic heterocycles. The Bertz CT molecular complexity index is 1270. The smallest absolute Gasteiger partial charge is 0.251 e. The molecule has 0 saturated carbocycles. The van der Waals surface area contributed by atoms with E-state index in [1.54, 1.807) is 23.5 Å². The van der Waals surface area contributed by atoms with Gasteiger partial charge in [0.25, 0.3) is 5.91 Å². The molecule has 0 atom stereocenters. The van der Waals surface area contributed by atoms with Gasteiger partial charge in [0.05, 0.1) is 12.2 Å². The molecule has 2 N–H and O–H groups in total. The second-order valence-electron chi connectivity index (χ2n) is 9.04. The van der Waals surface area contributed by atoms with Crippen LogP contribution < -0.4 is 10.6 Å². The molecule has 172 valence electrons. The molecule has 0 radical (unpaired) electrons. The van der Waals surface area contributed by atoms with E-state index in [1.807, 2.05) is 72.1 Å². The number of rotatable bonds is 6. The van der Waals surface area contributed by atoms with Crippen molar-refractivity contribution in [1.29, 1.82) is 0 Å². The summed E-state index contributed by atoms with van der Waals surface area (Å²) < 4.78 is 0. The highest BCUT2D eigenvalue weighted by atomic mass is 32.1. The van der Waals surface area contributed by atoms with Gasteiger partial charge in [-0.2, -0.15) is 0 Å². The molecular formula is C28H27N3O2S. The first-order valence-electron chi connectivity index (χ1n) is 11.1. The van der Waals surface area contributed by atoms with E-state index >= 15 is 0 Å². The van der Waals surface area contributed by atoms with Gasteiger partial charge in [-0.1, -0.05) is 75.4 Å². The number of hydrogen-bond donors (Lipinski definition) is 2. The summed E-state index contributed by atoms with van der Waals surface area (Å²) in [5.74, 6) is -0.559. The van der Waals surface area contributed by atoms with E-state index < -0.39 is 0 Å². The standard InChI is InChI=1S/C28H27N3O2S/c1-28(2,3)22-13-9-20(10-14-22)26(33)29-17-25(32)30-23-15-11-19(12-16-23)24-18-34-27(31-24)21-7-5-4-6-8-21/h4-16,18H,17H2,1-3H3,(H,29,33)(H,30,32). The van der Waals surface area contributed by atoms with Crippen LogP contribution in [0.15, 0.2) is 84.2 Å². The van der Waals surface area contributed by atoms with Gasteiger partial charge in [0.15, 0.2) is 0 Å². The summed E-state index contributed by atoms with van der Waals surface area (Å²) in [4.78, 5) is 29.4. The Hall–Kier alpha value is -3.77. The summed E-state index contributed by atoms with van der Waals surface area (Å²) in [6.45, 7) is 6.27. The van der Waals surface area contributed by atoms with Crippen molar-refractivity contribution in [2.45, 2.75) is 26.2 Å². The molecule has 0 bridgehead atoms. The zero-order valence-electron chi connectivity index (χ0n) is 19.5. The fourth-order valence-electron chi connectivity index (χ4n) is 3.43. The number of carbonyl (C=O) groups is 2. The molecular weight excluding hydrogens is 442 g/mol. The fraction of sp³-hybridized carbons (Fsp3) is 0.179. The van der Waals surface area contributed by atoms with Crippen LogP contribution in [0, 0.1) is 0 Å². The van der Waals surface area contributed by atoms with Crippen LogP contribution in [0.5, 0.6) is 0 Å². The Kier molecular flexibility index (Phi) is 6.89. The normalized spacial score (nSPS) is 11.1. The van der Waals surface area contributed by atoms with Crippen molar-refractivity contribution < 1.29 is 9.59 Å². The van der Waals surface area contributed by atoms with E-state index in [0.29, 0.717) is 11.3 Å². The number of thiazole rings is 1. The molecule has 5 nitrogen and oxygen atoms in total. The number of carbonyl (C=O) groups excluding carboxylic acids is 2. The number of amides is 2. The first-order valence-corrected chi connectivity index (χ1v) is 12.0. The summed E-state index contributed by atoms with van der Waals surface area (Å²) in [6.07, 6.45) is 0. The predicted molar refractivity (Wildman–Crippen MR) is 139 cm³/mol. The zero-order valence-corrected chi connectivity index (χ0v) is 20.3. The average Bonchev–Trinajstić information content (AvgIpc) is 3.33. The molecule has 0 saturated heterocycles. The molecule has 0 spiro atoms. The third-order valence-electron chi connectivity index (χ3n) is 5.41. The number of nitrogens with one attached hydrogen (secondary N) is 2. The number of anilines is 1. The van der Waals surface area contributed by atoms with Crippen molar-refractivity contribution in [3.63, 3.8) is 0 Å². The highest BCUT2D eigenvalue weighted by Crippen LogP contribution is 2.29. The van der Waals surface area contributed by atoms with Crippen molar-refractivity contribution in [3.05, 3.63) is 95.4 Å². The van der Waals surface area contributed by atoms with Crippen molar-refractivity contribution >= 4 is 28.8 Å². The van der Waals surface area contributed by atoms with Gasteiger partial charge in [0.2, 0.25) is 5.91 Å². The predicted octanol–water partition coefficient (Wildman–Crippen LogP) is 6.14. The molecule has 0 aliphatic carbocycles. The Morgan fingerprint density at radius 3 is 2.18 bits per heavy atom. The first kappa shape index (κ1) is 23.4. The lowest BCUT2D eigenvalue weighted by atomic mass is 9.87. The molecule has 2 amide bonds. The Morgan fingerprint density at radius 2 is 1.53 bits per heavy atom.